The molecule has 0 radical (unpaired) electrons. The first kappa shape index (κ1) is 18.5. The Morgan fingerprint density at radius 3 is 2.50 bits per heavy atom. The van der Waals surface area contributed by atoms with Crippen molar-refractivity contribution in [2.45, 2.75) is 6.54 Å². The minimum Gasteiger partial charge on any atom is -0.452 e. The summed E-state index contributed by atoms with van der Waals surface area (Å²) in [5.74, 6) is -0.712. The SMILES string of the molecule is O=C(OCC(=O)N1CCN(Cc2ccccc2)CC1)c1cncc(Br)c1. The lowest BCUT2D eigenvalue weighted by atomic mass is 10.2. The van der Waals surface area contributed by atoms with Gasteiger partial charge in [-0.3, -0.25) is 14.7 Å². The van der Waals surface area contributed by atoms with Crippen LogP contribution < -0.4 is 0 Å². The Balaban J connectivity index is 1.43. The lowest BCUT2D eigenvalue weighted by molar-refractivity contribution is -0.136. The van der Waals surface area contributed by atoms with Crippen LogP contribution in [0.25, 0.3) is 0 Å². The van der Waals surface area contributed by atoms with E-state index in [1.165, 1.54) is 11.8 Å². The summed E-state index contributed by atoms with van der Waals surface area (Å²) in [5, 5.41) is 0. The van der Waals surface area contributed by atoms with Crippen molar-refractivity contribution in [1.82, 2.24) is 14.8 Å². The van der Waals surface area contributed by atoms with Gasteiger partial charge >= 0.3 is 5.97 Å². The van der Waals surface area contributed by atoms with Gasteiger partial charge in [-0.2, -0.15) is 0 Å². The van der Waals surface area contributed by atoms with E-state index >= 15 is 0 Å². The van der Waals surface area contributed by atoms with Crippen molar-refractivity contribution in [2.75, 3.05) is 32.8 Å². The molecule has 1 amide bonds. The van der Waals surface area contributed by atoms with Gasteiger partial charge in [0, 0.05) is 49.6 Å². The van der Waals surface area contributed by atoms with Crippen molar-refractivity contribution >= 4 is 27.8 Å². The number of nitrogens with zero attached hydrogens (tertiary/aromatic N) is 3. The largest absolute Gasteiger partial charge is 0.452 e. The summed E-state index contributed by atoms with van der Waals surface area (Å²) < 4.78 is 5.80. The third-order valence-electron chi connectivity index (χ3n) is 4.24. The molecule has 1 aliphatic rings. The smallest absolute Gasteiger partial charge is 0.340 e. The molecule has 0 unspecified atom stereocenters. The minimum atomic E-state index is -0.546. The summed E-state index contributed by atoms with van der Waals surface area (Å²) >= 11 is 3.25. The number of amides is 1. The molecule has 1 aromatic heterocycles. The van der Waals surface area contributed by atoms with Gasteiger partial charge in [-0.15, -0.1) is 0 Å². The van der Waals surface area contributed by atoms with Crippen molar-refractivity contribution in [3.05, 3.63) is 64.4 Å². The summed E-state index contributed by atoms with van der Waals surface area (Å²) in [6.07, 6.45) is 3.00. The van der Waals surface area contributed by atoms with Crippen LogP contribution in [0.2, 0.25) is 0 Å². The predicted molar refractivity (Wildman–Crippen MR) is 101 cm³/mol. The van der Waals surface area contributed by atoms with Gasteiger partial charge in [0.2, 0.25) is 0 Å². The van der Waals surface area contributed by atoms with Crippen molar-refractivity contribution in [3.63, 3.8) is 0 Å². The van der Waals surface area contributed by atoms with Gasteiger partial charge in [-0.25, -0.2) is 4.79 Å². The third-order valence-corrected chi connectivity index (χ3v) is 4.67. The molecule has 0 bridgehead atoms. The Kier molecular flexibility index (Phi) is 6.35. The van der Waals surface area contributed by atoms with Crippen molar-refractivity contribution < 1.29 is 14.3 Å². The summed E-state index contributed by atoms with van der Waals surface area (Å²) in [7, 11) is 0. The van der Waals surface area contributed by atoms with Crippen LogP contribution in [0.15, 0.2) is 53.3 Å². The first-order valence-electron chi connectivity index (χ1n) is 8.43. The van der Waals surface area contributed by atoms with Crippen LogP contribution in [0.5, 0.6) is 0 Å². The van der Waals surface area contributed by atoms with E-state index < -0.39 is 5.97 Å². The fourth-order valence-electron chi connectivity index (χ4n) is 2.82. The number of halogens is 1. The molecule has 1 aromatic carbocycles. The molecule has 1 aliphatic heterocycles. The number of aromatic nitrogens is 1. The van der Waals surface area contributed by atoms with Gasteiger partial charge in [0.1, 0.15) is 0 Å². The van der Waals surface area contributed by atoms with E-state index in [0.29, 0.717) is 23.1 Å². The zero-order valence-electron chi connectivity index (χ0n) is 14.3. The maximum absolute atomic E-state index is 12.3. The van der Waals surface area contributed by atoms with Crippen LogP contribution in [0.3, 0.4) is 0 Å². The first-order valence-corrected chi connectivity index (χ1v) is 9.23. The monoisotopic (exact) mass is 417 g/mol. The third kappa shape index (κ3) is 5.12. The van der Waals surface area contributed by atoms with Gasteiger partial charge in [-0.1, -0.05) is 30.3 Å². The molecule has 0 N–H and O–H groups in total. The highest BCUT2D eigenvalue weighted by Gasteiger charge is 2.22. The second kappa shape index (κ2) is 8.91. The Morgan fingerprint density at radius 1 is 1.08 bits per heavy atom. The standard InChI is InChI=1S/C19H20BrN3O3/c20-17-10-16(11-21-12-17)19(25)26-14-18(24)23-8-6-22(7-9-23)13-15-4-2-1-3-5-15/h1-5,10-12H,6-9,13-14H2. The van der Waals surface area contributed by atoms with Gasteiger partial charge in [0.25, 0.3) is 5.91 Å². The first-order chi connectivity index (χ1) is 12.6. The number of esters is 1. The predicted octanol–water partition coefficient (Wildman–Crippen LogP) is 2.35. The lowest BCUT2D eigenvalue weighted by Crippen LogP contribution is -2.49. The number of piperazine rings is 1. The van der Waals surface area contributed by atoms with Crippen LogP contribution in [-0.2, 0) is 16.1 Å². The molecular weight excluding hydrogens is 398 g/mol. The van der Waals surface area contributed by atoms with Gasteiger partial charge in [-0.05, 0) is 27.6 Å². The van der Waals surface area contributed by atoms with E-state index in [0.717, 1.165) is 19.6 Å². The number of pyridine rings is 1. The molecule has 0 saturated carbocycles. The number of benzene rings is 1. The maximum Gasteiger partial charge on any atom is 0.340 e. The van der Waals surface area contributed by atoms with E-state index in [4.69, 9.17) is 4.74 Å². The second-order valence-corrected chi connectivity index (χ2v) is 7.03. The summed E-state index contributed by atoms with van der Waals surface area (Å²) in [6, 6.07) is 11.9. The summed E-state index contributed by atoms with van der Waals surface area (Å²) in [6.45, 7) is 3.54. The Hall–Kier alpha value is -2.25. The van der Waals surface area contributed by atoms with Crippen LogP contribution >= 0.6 is 15.9 Å². The number of rotatable bonds is 5. The molecule has 0 atom stereocenters. The molecule has 0 aliphatic carbocycles. The summed E-state index contributed by atoms with van der Waals surface area (Å²) in [5.41, 5.74) is 1.59. The molecular formula is C19H20BrN3O3. The van der Waals surface area contributed by atoms with Gasteiger partial charge < -0.3 is 9.64 Å². The Bertz CT molecular complexity index is 762. The highest BCUT2D eigenvalue weighted by atomic mass is 79.9. The van der Waals surface area contributed by atoms with Crippen LogP contribution in [-0.4, -0.2) is 59.4 Å². The number of carbonyl (C=O) groups excluding carboxylic acids is 2. The molecule has 1 fully saturated rings. The molecule has 2 aromatic rings. The Morgan fingerprint density at radius 2 is 1.81 bits per heavy atom. The van der Waals surface area contributed by atoms with Crippen molar-refractivity contribution in [2.24, 2.45) is 0 Å². The average Bonchev–Trinajstić information content (AvgIpc) is 2.67. The topological polar surface area (TPSA) is 62.7 Å². The van der Waals surface area contributed by atoms with Crippen LogP contribution in [0, 0.1) is 0 Å². The van der Waals surface area contributed by atoms with Crippen molar-refractivity contribution in [1.29, 1.82) is 0 Å². The van der Waals surface area contributed by atoms with E-state index in [1.807, 2.05) is 18.2 Å². The highest BCUT2D eigenvalue weighted by molar-refractivity contribution is 9.10. The number of ether oxygens (including phenoxy) is 1. The number of hydrogen-bond donors (Lipinski definition) is 0. The molecule has 0 spiro atoms. The van der Waals surface area contributed by atoms with E-state index in [9.17, 15) is 9.59 Å². The zero-order chi connectivity index (χ0) is 18.4. The van der Waals surface area contributed by atoms with Crippen LogP contribution in [0.4, 0.5) is 0 Å². The van der Waals surface area contributed by atoms with Gasteiger partial charge in [0.15, 0.2) is 6.61 Å². The molecule has 7 heteroatoms. The Labute approximate surface area is 160 Å². The second-order valence-electron chi connectivity index (χ2n) is 6.11. The van der Waals surface area contributed by atoms with E-state index in [2.05, 4.69) is 37.9 Å². The van der Waals surface area contributed by atoms with Crippen molar-refractivity contribution in [3.8, 4) is 0 Å². The van der Waals surface area contributed by atoms with Gasteiger partial charge in [0.05, 0.1) is 5.56 Å². The molecule has 1 saturated heterocycles. The minimum absolute atomic E-state index is 0.166. The fraction of sp³-hybridized carbons (Fsp3) is 0.316. The average molecular weight is 418 g/mol. The fourth-order valence-corrected chi connectivity index (χ4v) is 3.19. The van der Waals surface area contributed by atoms with Crippen LogP contribution in [0.1, 0.15) is 15.9 Å². The number of hydrogen-bond acceptors (Lipinski definition) is 5. The molecule has 2 heterocycles. The zero-order valence-corrected chi connectivity index (χ0v) is 15.9. The quantitative estimate of drug-likeness (QED) is 0.698. The van der Waals surface area contributed by atoms with E-state index in [-0.39, 0.29) is 12.5 Å². The molecule has 3 rings (SSSR count). The highest BCUT2D eigenvalue weighted by Crippen LogP contribution is 2.11. The van der Waals surface area contributed by atoms with E-state index in [1.54, 1.807) is 17.2 Å². The molecule has 136 valence electrons. The summed E-state index contributed by atoms with van der Waals surface area (Å²) in [4.78, 5) is 32.2. The lowest BCUT2D eigenvalue weighted by Gasteiger charge is -2.34. The normalized spacial score (nSPS) is 14.9. The number of carbonyl (C=O) groups is 2. The molecule has 26 heavy (non-hydrogen) atoms. The maximum atomic E-state index is 12.3. The molecule has 6 nitrogen and oxygen atoms in total.